The van der Waals surface area contributed by atoms with Gasteiger partial charge in [0.25, 0.3) is 0 Å². The molecule has 0 bridgehead atoms. The second-order valence-electron chi connectivity index (χ2n) is 4.86. The molecule has 1 heterocycles. The minimum absolute atomic E-state index is 0.268. The number of hydrogen-bond donors (Lipinski definition) is 0. The van der Waals surface area contributed by atoms with Crippen LogP contribution in [0.15, 0.2) is 28.7 Å². The number of ether oxygens (including phenoxy) is 1. The van der Waals surface area contributed by atoms with Gasteiger partial charge in [-0.1, -0.05) is 24.1 Å². The van der Waals surface area contributed by atoms with E-state index in [0.29, 0.717) is 16.7 Å². The van der Waals surface area contributed by atoms with E-state index in [2.05, 4.69) is 4.98 Å². The van der Waals surface area contributed by atoms with Gasteiger partial charge < -0.3 is 9.15 Å². The molecule has 3 rings (SSSR count). The van der Waals surface area contributed by atoms with E-state index in [1.54, 1.807) is 12.1 Å². The van der Waals surface area contributed by atoms with Gasteiger partial charge in [-0.2, -0.15) is 0 Å². The molecular weight excluding hydrogens is 278 g/mol. The van der Waals surface area contributed by atoms with E-state index in [-0.39, 0.29) is 11.6 Å². The lowest BCUT2D eigenvalue weighted by Gasteiger charge is -2.23. The standard InChI is InChI=1S/C15H14ClNO3/c1-19-15(18)12-13(9-4-2-5-9)20-14(17-12)10-6-3-7-11(16)8-10/h3,6-9H,2,4-5H2,1H3. The van der Waals surface area contributed by atoms with E-state index >= 15 is 0 Å². The number of methoxy groups -OCH3 is 1. The zero-order valence-corrected chi connectivity index (χ0v) is 11.8. The van der Waals surface area contributed by atoms with Crippen LogP contribution in [0.1, 0.15) is 41.4 Å². The number of oxazole rings is 1. The van der Waals surface area contributed by atoms with Crippen LogP contribution in [0.2, 0.25) is 5.02 Å². The highest BCUT2D eigenvalue weighted by Crippen LogP contribution is 2.40. The van der Waals surface area contributed by atoms with Crippen molar-refractivity contribution in [1.82, 2.24) is 4.98 Å². The highest BCUT2D eigenvalue weighted by molar-refractivity contribution is 6.30. The molecule has 4 nitrogen and oxygen atoms in total. The molecule has 0 aliphatic heterocycles. The van der Waals surface area contributed by atoms with Gasteiger partial charge in [0.1, 0.15) is 5.76 Å². The van der Waals surface area contributed by atoms with Crippen LogP contribution in [-0.4, -0.2) is 18.1 Å². The van der Waals surface area contributed by atoms with Crippen molar-refractivity contribution in [2.24, 2.45) is 0 Å². The van der Waals surface area contributed by atoms with Gasteiger partial charge in [0.15, 0.2) is 5.69 Å². The van der Waals surface area contributed by atoms with Crippen molar-refractivity contribution < 1.29 is 13.9 Å². The van der Waals surface area contributed by atoms with Crippen molar-refractivity contribution in [2.75, 3.05) is 7.11 Å². The zero-order chi connectivity index (χ0) is 14.1. The minimum atomic E-state index is -0.455. The molecule has 0 spiro atoms. The Balaban J connectivity index is 2.04. The third-order valence-corrected chi connectivity index (χ3v) is 3.81. The van der Waals surface area contributed by atoms with Gasteiger partial charge in [-0.25, -0.2) is 9.78 Å². The number of rotatable bonds is 3. The molecule has 0 unspecified atom stereocenters. The summed E-state index contributed by atoms with van der Waals surface area (Å²) in [6.07, 6.45) is 3.20. The first-order chi connectivity index (χ1) is 9.69. The van der Waals surface area contributed by atoms with Crippen LogP contribution in [0.25, 0.3) is 11.5 Å². The number of esters is 1. The second kappa shape index (κ2) is 5.29. The topological polar surface area (TPSA) is 52.3 Å². The maximum Gasteiger partial charge on any atom is 0.360 e. The highest BCUT2D eigenvalue weighted by atomic mass is 35.5. The monoisotopic (exact) mass is 291 g/mol. The van der Waals surface area contributed by atoms with E-state index in [9.17, 15) is 4.79 Å². The van der Waals surface area contributed by atoms with E-state index < -0.39 is 5.97 Å². The fourth-order valence-corrected chi connectivity index (χ4v) is 2.46. The molecule has 5 heteroatoms. The molecule has 2 aromatic rings. The van der Waals surface area contributed by atoms with Crippen molar-refractivity contribution in [3.8, 4) is 11.5 Å². The third kappa shape index (κ3) is 2.31. The summed E-state index contributed by atoms with van der Waals surface area (Å²) in [6.45, 7) is 0. The SMILES string of the molecule is COC(=O)c1nc(-c2cccc(Cl)c2)oc1C1CCC1. The molecule has 0 amide bonds. The lowest BCUT2D eigenvalue weighted by molar-refractivity contribution is 0.0590. The molecule has 1 saturated carbocycles. The number of nitrogens with zero attached hydrogens (tertiary/aromatic N) is 1. The number of hydrogen-bond acceptors (Lipinski definition) is 4. The fraction of sp³-hybridized carbons (Fsp3) is 0.333. The lowest BCUT2D eigenvalue weighted by atomic mass is 9.83. The summed E-state index contributed by atoms with van der Waals surface area (Å²) < 4.78 is 10.6. The Morgan fingerprint density at radius 1 is 1.45 bits per heavy atom. The average Bonchev–Trinajstić information content (AvgIpc) is 2.80. The molecule has 1 aromatic heterocycles. The first-order valence-corrected chi connectivity index (χ1v) is 6.92. The number of aromatic nitrogens is 1. The molecule has 1 aliphatic rings. The summed E-state index contributed by atoms with van der Waals surface area (Å²) in [5.41, 5.74) is 1.04. The van der Waals surface area contributed by atoms with Crippen molar-refractivity contribution in [3.05, 3.63) is 40.7 Å². The summed E-state index contributed by atoms with van der Waals surface area (Å²) in [5.74, 6) is 0.862. The molecule has 0 N–H and O–H groups in total. The molecule has 1 fully saturated rings. The quantitative estimate of drug-likeness (QED) is 0.801. The first kappa shape index (κ1) is 13.2. The normalized spacial score (nSPS) is 14.9. The van der Waals surface area contributed by atoms with Gasteiger partial charge in [-0.15, -0.1) is 0 Å². The van der Waals surface area contributed by atoms with E-state index in [1.165, 1.54) is 7.11 Å². The molecule has 0 saturated heterocycles. The molecule has 0 atom stereocenters. The average molecular weight is 292 g/mol. The zero-order valence-electron chi connectivity index (χ0n) is 11.1. The largest absolute Gasteiger partial charge is 0.464 e. The summed E-state index contributed by atoms with van der Waals surface area (Å²) in [6, 6.07) is 7.22. The van der Waals surface area contributed by atoms with Crippen LogP contribution < -0.4 is 0 Å². The predicted molar refractivity (Wildman–Crippen MR) is 74.9 cm³/mol. The maximum absolute atomic E-state index is 11.8. The Hall–Kier alpha value is -1.81. The fourth-order valence-electron chi connectivity index (χ4n) is 2.27. The van der Waals surface area contributed by atoms with Gasteiger partial charge >= 0.3 is 5.97 Å². The van der Waals surface area contributed by atoms with Crippen LogP contribution in [0.5, 0.6) is 0 Å². The third-order valence-electron chi connectivity index (χ3n) is 3.58. The molecule has 1 aromatic carbocycles. The highest BCUT2D eigenvalue weighted by Gasteiger charge is 2.31. The Bertz CT molecular complexity index is 646. The molecule has 1 aliphatic carbocycles. The van der Waals surface area contributed by atoms with Crippen molar-refractivity contribution in [1.29, 1.82) is 0 Å². The summed E-state index contributed by atoms with van der Waals surface area (Å²) >= 11 is 5.97. The molecule has 20 heavy (non-hydrogen) atoms. The maximum atomic E-state index is 11.8. The van der Waals surface area contributed by atoms with Gasteiger partial charge in [-0.3, -0.25) is 0 Å². The van der Waals surface area contributed by atoms with Crippen LogP contribution in [-0.2, 0) is 4.74 Å². The van der Waals surface area contributed by atoms with Crippen molar-refractivity contribution in [3.63, 3.8) is 0 Å². The molecule has 0 radical (unpaired) electrons. The van der Waals surface area contributed by atoms with Crippen LogP contribution in [0.3, 0.4) is 0 Å². The number of carbonyl (C=O) groups excluding carboxylic acids is 1. The van der Waals surface area contributed by atoms with Gasteiger partial charge in [0.05, 0.1) is 7.11 Å². The van der Waals surface area contributed by atoms with Crippen LogP contribution in [0.4, 0.5) is 0 Å². The predicted octanol–water partition coefficient (Wildman–Crippen LogP) is 4.05. The van der Waals surface area contributed by atoms with Gasteiger partial charge in [-0.05, 0) is 31.0 Å². The number of benzene rings is 1. The van der Waals surface area contributed by atoms with Gasteiger partial charge in [0, 0.05) is 16.5 Å². The van der Waals surface area contributed by atoms with Crippen molar-refractivity contribution >= 4 is 17.6 Å². The van der Waals surface area contributed by atoms with E-state index in [1.807, 2.05) is 12.1 Å². The Morgan fingerprint density at radius 3 is 2.85 bits per heavy atom. The molecule has 104 valence electrons. The minimum Gasteiger partial charge on any atom is -0.464 e. The number of carbonyl (C=O) groups is 1. The Morgan fingerprint density at radius 2 is 2.25 bits per heavy atom. The van der Waals surface area contributed by atoms with E-state index in [4.69, 9.17) is 20.8 Å². The lowest BCUT2D eigenvalue weighted by Crippen LogP contribution is -2.13. The molecular formula is C15H14ClNO3. The van der Waals surface area contributed by atoms with E-state index in [0.717, 1.165) is 24.8 Å². The van der Waals surface area contributed by atoms with Crippen LogP contribution in [0, 0.1) is 0 Å². The van der Waals surface area contributed by atoms with Crippen molar-refractivity contribution in [2.45, 2.75) is 25.2 Å². The summed E-state index contributed by atoms with van der Waals surface area (Å²) in [7, 11) is 1.35. The Kier molecular flexibility index (Phi) is 3.49. The second-order valence-corrected chi connectivity index (χ2v) is 5.30. The van der Waals surface area contributed by atoms with Crippen LogP contribution >= 0.6 is 11.6 Å². The Labute approximate surface area is 121 Å². The van der Waals surface area contributed by atoms with Gasteiger partial charge in [0.2, 0.25) is 5.89 Å². The first-order valence-electron chi connectivity index (χ1n) is 6.54. The number of halogens is 1. The summed E-state index contributed by atoms with van der Waals surface area (Å²) in [5, 5.41) is 0.602. The summed E-state index contributed by atoms with van der Waals surface area (Å²) in [4.78, 5) is 16.1. The smallest absolute Gasteiger partial charge is 0.360 e.